The summed E-state index contributed by atoms with van der Waals surface area (Å²) in [4.78, 5) is 23.3. The zero-order chi connectivity index (χ0) is 15.9. The maximum Gasteiger partial charge on any atom is 0.329 e. The van der Waals surface area contributed by atoms with Crippen molar-refractivity contribution in [2.24, 2.45) is 0 Å². The topological polar surface area (TPSA) is 82.3 Å². The molecule has 2 aromatic rings. The zero-order valence-corrected chi connectivity index (χ0v) is 12.4. The second-order valence-corrected chi connectivity index (χ2v) is 4.89. The summed E-state index contributed by atoms with van der Waals surface area (Å²) in [5, 5.41) is 0. The van der Waals surface area contributed by atoms with Gasteiger partial charge in [-0.15, -0.1) is 0 Å². The fraction of sp³-hybridized carbons (Fsp3) is 0.125. The predicted octanol–water partition coefficient (Wildman–Crippen LogP) is 1.89. The van der Waals surface area contributed by atoms with Crippen molar-refractivity contribution in [3.63, 3.8) is 0 Å². The van der Waals surface area contributed by atoms with Gasteiger partial charge in [0.2, 0.25) is 0 Å². The minimum absolute atomic E-state index is 0.693. The number of carbonyl (C=O) groups excluding carboxylic acids is 2. The van der Waals surface area contributed by atoms with Crippen molar-refractivity contribution in [3.8, 4) is 0 Å². The van der Waals surface area contributed by atoms with Gasteiger partial charge in [0.15, 0.2) is 0 Å². The molecule has 0 unspecified atom stereocenters. The molecular formula is C16H18N4O2. The Kier molecular flexibility index (Phi) is 4.98. The van der Waals surface area contributed by atoms with Crippen molar-refractivity contribution in [2.75, 3.05) is 10.9 Å². The van der Waals surface area contributed by atoms with Crippen molar-refractivity contribution in [1.29, 1.82) is 0 Å². The summed E-state index contributed by atoms with van der Waals surface area (Å²) in [5.41, 5.74) is 13.6. The fourth-order valence-electron chi connectivity index (χ4n) is 1.65. The van der Waals surface area contributed by atoms with Gasteiger partial charge >= 0.3 is 11.8 Å². The number of benzene rings is 2. The third-order valence-corrected chi connectivity index (χ3v) is 2.95. The second kappa shape index (κ2) is 7.12. The number of hydrogen-bond acceptors (Lipinski definition) is 4. The van der Waals surface area contributed by atoms with Crippen molar-refractivity contribution in [1.82, 2.24) is 10.9 Å². The summed E-state index contributed by atoms with van der Waals surface area (Å²) in [5.74, 6) is -1.58. The monoisotopic (exact) mass is 298 g/mol. The molecule has 0 aliphatic carbocycles. The highest BCUT2D eigenvalue weighted by Crippen LogP contribution is 2.07. The lowest BCUT2D eigenvalue weighted by Gasteiger charge is -2.10. The molecule has 0 atom stereocenters. The first-order valence-electron chi connectivity index (χ1n) is 6.80. The highest BCUT2D eigenvalue weighted by Gasteiger charge is 2.12. The number of aryl methyl sites for hydroxylation is 2. The number of nitrogens with one attached hydrogen (secondary N) is 4. The Morgan fingerprint density at radius 1 is 0.636 bits per heavy atom. The third-order valence-electron chi connectivity index (χ3n) is 2.95. The van der Waals surface area contributed by atoms with E-state index in [0.29, 0.717) is 11.4 Å². The van der Waals surface area contributed by atoms with Crippen LogP contribution in [0.1, 0.15) is 11.1 Å². The van der Waals surface area contributed by atoms with Crippen LogP contribution in [-0.4, -0.2) is 11.8 Å². The molecule has 0 saturated carbocycles. The zero-order valence-electron chi connectivity index (χ0n) is 12.4. The lowest BCUT2D eigenvalue weighted by molar-refractivity contribution is -0.138. The van der Waals surface area contributed by atoms with Crippen LogP contribution >= 0.6 is 0 Å². The smallest absolute Gasteiger partial charge is 0.298 e. The molecule has 2 aromatic carbocycles. The first-order chi connectivity index (χ1) is 10.5. The van der Waals surface area contributed by atoms with Gasteiger partial charge in [-0.3, -0.25) is 31.3 Å². The van der Waals surface area contributed by atoms with Gasteiger partial charge in [0.1, 0.15) is 0 Å². The van der Waals surface area contributed by atoms with Crippen molar-refractivity contribution in [2.45, 2.75) is 13.8 Å². The Labute approximate surface area is 128 Å². The van der Waals surface area contributed by atoms with E-state index in [-0.39, 0.29) is 0 Å². The summed E-state index contributed by atoms with van der Waals surface area (Å²) in [7, 11) is 0. The molecule has 0 aromatic heterocycles. The Bertz CT molecular complexity index is 591. The molecule has 0 fully saturated rings. The summed E-state index contributed by atoms with van der Waals surface area (Å²) < 4.78 is 0. The van der Waals surface area contributed by atoms with E-state index in [9.17, 15) is 9.59 Å². The predicted molar refractivity (Wildman–Crippen MR) is 85.9 cm³/mol. The average Bonchev–Trinajstić information content (AvgIpc) is 2.53. The molecule has 114 valence electrons. The van der Waals surface area contributed by atoms with E-state index in [1.54, 1.807) is 24.3 Å². The van der Waals surface area contributed by atoms with Gasteiger partial charge in [0.25, 0.3) is 0 Å². The van der Waals surface area contributed by atoms with E-state index in [0.717, 1.165) is 11.1 Å². The van der Waals surface area contributed by atoms with Crippen LogP contribution < -0.4 is 21.7 Å². The molecule has 6 nitrogen and oxygen atoms in total. The van der Waals surface area contributed by atoms with E-state index < -0.39 is 11.8 Å². The van der Waals surface area contributed by atoms with Crippen molar-refractivity contribution >= 4 is 23.2 Å². The van der Waals surface area contributed by atoms with Crippen LogP contribution in [0.4, 0.5) is 11.4 Å². The quantitative estimate of drug-likeness (QED) is 0.513. The molecule has 0 saturated heterocycles. The summed E-state index contributed by atoms with van der Waals surface area (Å²) in [6.45, 7) is 3.93. The molecule has 0 bridgehead atoms. The van der Waals surface area contributed by atoms with E-state index >= 15 is 0 Å². The largest absolute Gasteiger partial charge is 0.329 e. The maximum absolute atomic E-state index is 11.6. The Balaban J connectivity index is 1.78. The average molecular weight is 298 g/mol. The van der Waals surface area contributed by atoms with Gasteiger partial charge in [0, 0.05) is 0 Å². The van der Waals surface area contributed by atoms with Gasteiger partial charge in [-0.05, 0) is 38.1 Å². The molecule has 2 amide bonds. The maximum atomic E-state index is 11.6. The summed E-state index contributed by atoms with van der Waals surface area (Å²) in [6.07, 6.45) is 0. The van der Waals surface area contributed by atoms with E-state index in [2.05, 4.69) is 21.7 Å². The number of rotatable bonds is 4. The highest BCUT2D eigenvalue weighted by molar-refractivity contribution is 6.35. The minimum atomic E-state index is -0.791. The SMILES string of the molecule is Cc1ccc(NNC(=O)C(=O)NNc2ccc(C)cc2)cc1. The Morgan fingerprint density at radius 2 is 0.955 bits per heavy atom. The van der Waals surface area contributed by atoms with Gasteiger partial charge in [-0.2, -0.15) is 0 Å². The fourth-order valence-corrected chi connectivity index (χ4v) is 1.65. The van der Waals surface area contributed by atoms with Gasteiger partial charge in [-0.1, -0.05) is 35.4 Å². The standard InChI is InChI=1S/C16H18N4O2/c1-11-3-7-13(8-4-11)17-19-15(21)16(22)20-18-14-9-5-12(2)6-10-14/h3-10,17-18H,1-2H3,(H,19,21)(H,20,22). The van der Waals surface area contributed by atoms with Crippen LogP contribution in [0.15, 0.2) is 48.5 Å². The lowest BCUT2D eigenvalue weighted by atomic mass is 10.2. The van der Waals surface area contributed by atoms with Gasteiger partial charge < -0.3 is 0 Å². The molecule has 0 spiro atoms. The number of hydrazine groups is 2. The lowest BCUT2D eigenvalue weighted by Crippen LogP contribution is -2.44. The van der Waals surface area contributed by atoms with Crippen LogP contribution in [0.2, 0.25) is 0 Å². The van der Waals surface area contributed by atoms with Crippen LogP contribution in [0.25, 0.3) is 0 Å². The molecule has 0 aliphatic heterocycles. The van der Waals surface area contributed by atoms with E-state index in [4.69, 9.17) is 0 Å². The Morgan fingerprint density at radius 3 is 1.27 bits per heavy atom. The van der Waals surface area contributed by atoms with Crippen molar-refractivity contribution in [3.05, 3.63) is 59.7 Å². The van der Waals surface area contributed by atoms with Gasteiger partial charge in [0.05, 0.1) is 11.4 Å². The van der Waals surface area contributed by atoms with Crippen LogP contribution in [0.5, 0.6) is 0 Å². The molecule has 2 rings (SSSR count). The number of anilines is 2. The highest BCUT2D eigenvalue weighted by atomic mass is 16.2. The number of amides is 2. The molecular weight excluding hydrogens is 280 g/mol. The molecule has 0 aliphatic rings. The van der Waals surface area contributed by atoms with Crippen LogP contribution in [-0.2, 0) is 9.59 Å². The third kappa shape index (κ3) is 4.52. The first-order valence-corrected chi connectivity index (χ1v) is 6.80. The molecule has 22 heavy (non-hydrogen) atoms. The summed E-state index contributed by atoms with van der Waals surface area (Å²) in [6, 6.07) is 14.8. The van der Waals surface area contributed by atoms with Gasteiger partial charge in [-0.25, -0.2) is 0 Å². The normalized spacial score (nSPS) is 9.73. The second-order valence-electron chi connectivity index (χ2n) is 4.89. The molecule has 6 heteroatoms. The van der Waals surface area contributed by atoms with Crippen LogP contribution in [0, 0.1) is 13.8 Å². The summed E-state index contributed by atoms with van der Waals surface area (Å²) >= 11 is 0. The number of hydrogen-bond donors (Lipinski definition) is 4. The van der Waals surface area contributed by atoms with E-state index in [1.165, 1.54) is 0 Å². The Hall–Kier alpha value is -3.02. The van der Waals surface area contributed by atoms with E-state index in [1.807, 2.05) is 38.1 Å². The molecule has 0 heterocycles. The molecule has 0 radical (unpaired) electrons. The van der Waals surface area contributed by atoms with Crippen LogP contribution in [0.3, 0.4) is 0 Å². The number of carbonyl (C=O) groups is 2. The van der Waals surface area contributed by atoms with Crippen molar-refractivity contribution < 1.29 is 9.59 Å². The molecule has 4 N–H and O–H groups in total. The minimum Gasteiger partial charge on any atom is -0.298 e. The first kappa shape index (κ1) is 15.4.